The van der Waals surface area contributed by atoms with E-state index in [1.807, 2.05) is 19.2 Å². The van der Waals surface area contributed by atoms with Crippen LogP contribution >= 0.6 is 0 Å². The number of amides is 3. The van der Waals surface area contributed by atoms with E-state index in [0.29, 0.717) is 12.1 Å². The highest BCUT2D eigenvalue weighted by Crippen LogP contribution is 2.04. The highest BCUT2D eigenvalue weighted by Gasteiger charge is 2.09. The van der Waals surface area contributed by atoms with E-state index < -0.39 is 24.5 Å². The number of hydrogen-bond donors (Lipinski definition) is 2. The molecule has 2 N–H and O–H groups in total. The van der Waals surface area contributed by atoms with Crippen molar-refractivity contribution in [2.45, 2.75) is 13.8 Å². The minimum Gasteiger partial charge on any atom is -0.452 e. The zero-order valence-corrected chi connectivity index (χ0v) is 13.0. The summed E-state index contributed by atoms with van der Waals surface area (Å²) in [5, 5.41) is 4.53. The van der Waals surface area contributed by atoms with Gasteiger partial charge in [0.15, 0.2) is 6.61 Å². The number of urea groups is 1. The van der Waals surface area contributed by atoms with Crippen LogP contribution in [0.1, 0.15) is 19.4 Å². The van der Waals surface area contributed by atoms with Gasteiger partial charge in [0.1, 0.15) is 5.82 Å². The quantitative estimate of drug-likeness (QED) is 0.618. The summed E-state index contributed by atoms with van der Waals surface area (Å²) in [5.74, 6) is -1.59. The van der Waals surface area contributed by atoms with Gasteiger partial charge in [-0.25, -0.2) is 14.0 Å². The monoisotopic (exact) mass is 322 g/mol. The van der Waals surface area contributed by atoms with E-state index in [0.717, 1.165) is 6.08 Å². The molecule has 7 heteroatoms. The Labute approximate surface area is 133 Å². The van der Waals surface area contributed by atoms with Crippen LogP contribution in [0.25, 0.3) is 6.08 Å². The third kappa shape index (κ3) is 8.35. The average molecular weight is 322 g/mol. The van der Waals surface area contributed by atoms with Crippen LogP contribution in [0.15, 0.2) is 30.3 Å². The lowest BCUT2D eigenvalue weighted by Crippen LogP contribution is -2.42. The number of benzene rings is 1. The predicted octanol–water partition coefficient (Wildman–Crippen LogP) is 1.86. The molecular formula is C16H19FN2O4. The summed E-state index contributed by atoms with van der Waals surface area (Å²) in [6, 6.07) is 4.86. The molecule has 0 unspecified atom stereocenters. The van der Waals surface area contributed by atoms with E-state index in [2.05, 4.69) is 10.1 Å². The number of rotatable bonds is 6. The van der Waals surface area contributed by atoms with Gasteiger partial charge in [-0.15, -0.1) is 0 Å². The van der Waals surface area contributed by atoms with Crippen LogP contribution in [0.2, 0.25) is 0 Å². The Hall–Kier alpha value is -2.70. The van der Waals surface area contributed by atoms with Gasteiger partial charge in [-0.05, 0) is 29.7 Å². The molecule has 1 aromatic rings. The van der Waals surface area contributed by atoms with Crippen molar-refractivity contribution in [3.8, 4) is 0 Å². The summed E-state index contributed by atoms with van der Waals surface area (Å²) < 4.78 is 17.4. The fourth-order valence-corrected chi connectivity index (χ4v) is 1.43. The molecule has 0 fully saturated rings. The molecule has 1 rings (SSSR count). The minimum absolute atomic E-state index is 0.255. The lowest BCUT2D eigenvalue weighted by atomic mass is 10.2. The molecule has 0 radical (unpaired) electrons. The SMILES string of the molecule is CC(C)CNC(=O)NC(=O)COC(=O)/C=C/c1ccc(F)cc1. The van der Waals surface area contributed by atoms with Gasteiger partial charge in [-0.2, -0.15) is 0 Å². The second-order valence-electron chi connectivity index (χ2n) is 5.14. The summed E-state index contributed by atoms with van der Waals surface area (Å²) in [7, 11) is 0. The van der Waals surface area contributed by atoms with E-state index in [1.165, 1.54) is 30.3 Å². The van der Waals surface area contributed by atoms with E-state index >= 15 is 0 Å². The smallest absolute Gasteiger partial charge is 0.331 e. The van der Waals surface area contributed by atoms with Gasteiger partial charge in [-0.1, -0.05) is 26.0 Å². The van der Waals surface area contributed by atoms with Crippen molar-refractivity contribution in [3.05, 3.63) is 41.7 Å². The molecule has 1 aromatic carbocycles. The third-order valence-electron chi connectivity index (χ3n) is 2.55. The van der Waals surface area contributed by atoms with Crippen molar-refractivity contribution >= 4 is 24.0 Å². The molecular weight excluding hydrogens is 303 g/mol. The Morgan fingerprint density at radius 2 is 1.87 bits per heavy atom. The van der Waals surface area contributed by atoms with Crippen molar-refractivity contribution in [1.29, 1.82) is 0 Å². The maximum Gasteiger partial charge on any atom is 0.331 e. The summed E-state index contributed by atoms with van der Waals surface area (Å²) in [6.07, 6.45) is 2.54. The second kappa shape index (κ2) is 9.34. The molecule has 0 saturated heterocycles. The van der Waals surface area contributed by atoms with Gasteiger partial charge < -0.3 is 10.1 Å². The summed E-state index contributed by atoms with van der Waals surface area (Å²) in [4.78, 5) is 34.1. The first-order chi connectivity index (χ1) is 10.9. The molecule has 0 spiro atoms. The van der Waals surface area contributed by atoms with Gasteiger partial charge in [0.25, 0.3) is 5.91 Å². The Bertz CT molecular complexity index is 582. The number of imide groups is 1. The first-order valence-electron chi connectivity index (χ1n) is 7.05. The number of carbonyl (C=O) groups excluding carboxylic acids is 3. The lowest BCUT2D eigenvalue weighted by Gasteiger charge is -2.08. The van der Waals surface area contributed by atoms with E-state index in [-0.39, 0.29) is 11.7 Å². The Morgan fingerprint density at radius 1 is 1.22 bits per heavy atom. The standard InChI is InChI=1S/C16H19FN2O4/c1-11(2)9-18-16(22)19-14(20)10-23-15(21)8-5-12-3-6-13(17)7-4-12/h3-8,11H,9-10H2,1-2H3,(H2,18,19,20,22)/b8-5+. The number of hydrogen-bond acceptors (Lipinski definition) is 4. The Balaban J connectivity index is 2.31. The predicted molar refractivity (Wildman–Crippen MR) is 82.8 cm³/mol. The number of halogens is 1. The van der Waals surface area contributed by atoms with Crippen LogP contribution in [0.4, 0.5) is 9.18 Å². The Kier molecular flexibility index (Phi) is 7.45. The number of nitrogens with one attached hydrogen (secondary N) is 2. The fourth-order valence-electron chi connectivity index (χ4n) is 1.43. The maximum atomic E-state index is 12.7. The zero-order valence-electron chi connectivity index (χ0n) is 13.0. The van der Waals surface area contributed by atoms with Gasteiger partial charge in [0.2, 0.25) is 0 Å². The van der Waals surface area contributed by atoms with Crippen molar-refractivity contribution in [1.82, 2.24) is 10.6 Å². The number of ether oxygens (including phenoxy) is 1. The molecule has 0 bridgehead atoms. The number of esters is 1. The molecule has 0 saturated carbocycles. The van der Waals surface area contributed by atoms with Gasteiger partial charge in [-0.3, -0.25) is 10.1 Å². The zero-order chi connectivity index (χ0) is 17.2. The molecule has 23 heavy (non-hydrogen) atoms. The first-order valence-corrected chi connectivity index (χ1v) is 7.05. The van der Waals surface area contributed by atoms with E-state index in [1.54, 1.807) is 0 Å². The highest BCUT2D eigenvalue weighted by molar-refractivity contribution is 5.96. The molecule has 0 aromatic heterocycles. The van der Waals surface area contributed by atoms with E-state index in [4.69, 9.17) is 0 Å². The highest BCUT2D eigenvalue weighted by atomic mass is 19.1. The lowest BCUT2D eigenvalue weighted by molar-refractivity contribution is -0.143. The minimum atomic E-state index is -0.743. The van der Waals surface area contributed by atoms with Crippen molar-refractivity contribution in [3.63, 3.8) is 0 Å². The molecule has 6 nitrogen and oxygen atoms in total. The normalized spacial score (nSPS) is 10.6. The van der Waals surface area contributed by atoms with Crippen LogP contribution < -0.4 is 10.6 Å². The third-order valence-corrected chi connectivity index (χ3v) is 2.55. The first kappa shape index (κ1) is 18.3. The van der Waals surface area contributed by atoms with Crippen LogP contribution in [0.5, 0.6) is 0 Å². The van der Waals surface area contributed by atoms with Crippen LogP contribution in [0.3, 0.4) is 0 Å². The number of carbonyl (C=O) groups is 3. The van der Waals surface area contributed by atoms with Gasteiger partial charge >= 0.3 is 12.0 Å². The van der Waals surface area contributed by atoms with Gasteiger partial charge in [0.05, 0.1) is 0 Å². The summed E-state index contributed by atoms with van der Waals surface area (Å²) in [6.45, 7) is 3.69. The van der Waals surface area contributed by atoms with Crippen LogP contribution in [-0.4, -0.2) is 31.1 Å². The van der Waals surface area contributed by atoms with Gasteiger partial charge in [0, 0.05) is 12.6 Å². The topological polar surface area (TPSA) is 84.5 Å². The molecule has 0 aliphatic rings. The average Bonchev–Trinajstić information content (AvgIpc) is 2.50. The van der Waals surface area contributed by atoms with Crippen LogP contribution in [-0.2, 0) is 14.3 Å². The molecule has 0 aliphatic carbocycles. The van der Waals surface area contributed by atoms with Crippen molar-refractivity contribution in [2.24, 2.45) is 5.92 Å². The Morgan fingerprint density at radius 3 is 2.48 bits per heavy atom. The summed E-state index contributed by atoms with van der Waals surface area (Å²) >= 11 is 0. The molecule has 3 amide bonds. The maximum absolute atomic E-state index is 12.7. The van der Waals surface area contributed by atoms with Crippen molar-refractivity contribution < 1.29 is 23.5 Å². The molecule has 0 heterocycles. The summed E-state index contributed by atoms with van der Waals surface area (Å²) in [5.41, 5.74) is 0.612. The van der Waals surface area contributed by atoms with Crippen LogP contribution in [0, 0.1) is 11.7 Å². The molecule has 0 aliphatic heterocycles. The van der Waals surface area contributed by atoms with E-state index in [9.17, 15) is 18.8 Å². The van der Waals surface area contributed by atoms with Crippen molar-refractivity contribution in [2.75, 3.05) is 13.2 Å². The largest absolute Gasteiger partial charge is 0.452 e. The second-order valence-corrected chi connectivity index (χ2v) is 5.14. The fraction of sp³-hybridized carbons (Fsp3) is 0.312. The molecule has 0 atom stereocenters. The molecule has 124 valence electrons.